The van der Waals surface area contributed by atoms with Crippen LogP contribution < -0.4 is 5.73 Å². The van der Waals surface area contributed by atoms with Crippen LogP contribution in [0, 0.1) is 0 Å². The second kappa shape index (κ2) is 4.06. The number of hydrogen-bond acceptors (Lipinski definition) is 5. The third-order valence-corrected chi connectivity index (χ3v) is 2.53. The van der Waals surface area contributed by atoms with Gasteiger partial charge in [-0.05, 0) is 0 Å². The van der Waals surface area contributed by atoms with E-state index in [9.17, 15) is 14.4 Å². The molecule has 0 aromatic carbocycles. The van der Waals surface area contributed by atoms with Crippen LogP contribution in [0.15, 0.2) is 0 Å². The molecule has 0 aromatic rings. The Morgan fingerprint density at radius 2 is 1.88 bits per heavy atom. The number of likely N-dealkylation sites (tertiary alicyclic amines) is 1. The van der Waals surface area contributed by atoms with Crippen molar-refractivity contribution in [1.82, 2.24) is 4.90 Å². The van der Waals surface area contributed by atoms with Crippen molar-refractivity contribution < 1.29 is 29.7 Å². The lowest BCUT2D eigenvalue weighted by atomic mass is 9.98. The summed E-state index contributed by atoms with van der Waals surface area (Å²) >= 11 is 0. The number of nitrogens with two attached hydrogens (primary N) is 1. The van der Waals surface area contributed by atoms with Gasteiger partial charge in [0.25, 0.3) is 0 Å². The molecule has 0 aromatic heterocycles. The van der Waals surface area contributed by atoms with Gasteiger partial charge in [-0.2, -0.15) is 0 Å². The van der Waals surface area contributed by atoms with Crippen LogP contribution in [0.4, 0.5) is 0 Å². The van der Waals surface area contributed by atoms with Crippen molar-refractivity contribution >= 4 is 17.9 Å². The molecule has 0 aliphatic carbocycles. The molecular weight excluding hydrogens is 220 g/mol. The summed E-state index contributed by atoms with van der Waals surface area (Å²) in [6, 6.07) is -1.17. The van der Waals surface area contributed by atoms with Gasteiger partial charge < -0.3 is 21.1 Å². The topological polar surface area (TPSA) is 141 Å². The van der Waals surface area contributed by atoms with Crippen LogP contribution in [0.5, 0.6) is 0 Å². The van der Waals surface area contributed by atoms with Crippen LogP contribution in [0.3, 0.4) is 0 Å². The van der Waals surface area contributed by atoms with Crippen LogP contribution >= 0.6 is 0 Å². The summed E-state index contributed by atoms with van der Waals surface area (Å²) in [5.74, 6) is -3.82. The average Bonchev–Trinajstić information content (AvgIpc) is 2.43. The fourth-order valence-corrected chi connectivity index (χ4v) is 1.75. The van der Waals surface area contributed by atoms with Crippen molar-refractivity contribution in [3.63, 3.8) is 0 Å². The molecule has 1 rings (SSSR count). The lowest BCUT2D eigenvalue weighted by Crippen LogP contribution is -2.50. The van der Waals surface area contributed by atoms with Gasteiger partial charge >= 0.3 is 17.9 Å². The van der Waals surface area contributed by atoms with Gasteiger partial charge in [-0.25, -0.2) is 0 Å². The molecule has 0 radical (unpaired) electrons. The molecule has 1 fully saturated rings. The zero-order valence-electron chi connectivity index (χ0n) is 8.29. The summed E-state index contributed by atoms with van der Waals surface area (Å²) in [5.41, 5.74) is 3.80. The quantitative estimate of drug-likeness (QED) is 0.436. The van der Waals surface area contributed by atoms with E-state index in [2.05, 4.69) is 0 Å². The minimum absolute atomic E-state index is 0.286. The Balaban J connectivity index is 2.87. The number of carboxylic acids is 3. The lowest BCUT2D eigenvalue weighted by Gasteiger charge is -2.19. The van der Waals surface area contributed by atoms with E-state index in [4.69, 9.17) is 21.1 Å². The molecule has 0 bridgehead atoms. The molecule has 1 aliphatic heterocycles. The maximum Gasteiger partial charge on any atom is 0.325 e. The highest BCUT2D eigenvalue weighted by Crippen LogP contribution is 2.25. The first-order valence-corrected chi connectivity index (χ1v) is 4.47. The van der Waals surface area contributed by atoms with Crippen molar-refractivity contribution in [1.29, 1.82) is 0 Å². The van der Waals surface area contributed by atoms with Gasteiger partial charge in [0, 0.05) is 13.0 Å². The second-order valence-electron chi connectivity index (χ2n) is 3.82. The molecule has 0 spiro atoms. The smallest absolute Gasteiger partial charge is 0.325 e. The summed E-state index contributed by atoms with van der Waals surface area (Å²) in [5, 5.41) is 26.2. The minimum atomic E-state index is -1.70. The predicted molar refractivity (Wildman–Crippen MR) is 49.8 cm³/mol. The van der Waals surface area contributed by atoms with E-state index in [1.165, 1.54) is 0 Å². The Labute approximate surface area is 90.3 Å². The SMILES string of the molecule is N[C@]1(C(=O)O)C[C@@H](C(=O)O)N(CC(=O)O)C1. The fraction of sp³-hybridized carbons (Fsp3) is 0.625. The van der Waals surface area contributed by atoms with E-state index in [0.717, 1.165) is 4.90 Å². The fourth-order valence-electron chi connectivity index (χ4n) is 1.75. The molecule has 16 heavy (non-hydrogen) atoms. The summed E-state index contributed by atoms with van der Waals surface area (Å²) in [4.78, 5) is 33.2. The normalized spacial score (nSPS) is 30.2. The molecule has 1 saturated heterocycles. The third-order valence-electron chi connectivity index (χ3n) is 2.53. The maximum atomic E-state index is 10.8. The molecule has 8 nitrogen and oxygen atoms in total. The van der Waals surface area contributed by atoms with Crippen LogP contribution in [0.1, 0.15) is 6.42 Å². The first kappa shape index (κ1) is 12.4. The predicted octanol–water partition coefficient (Wildman–Crippen LogP) is -1.99. The minimum Gasteiger partial charge on any atom is -0.480 e. The number of nitrogens with zero attached hydrogens (tertiary/aromatic N) is 1. The zero-order chi connectivity index (χ0) is 12.5. The van der Waals surface area contributed by atoms with Crippen LogP contribution in [-0.2, 0) is 14.4 Å². The van der Waals surface area contributed by atoms with Crippen LogP contribution in [-0.4, -0.2) is 62.8 Å². The number of carboxylic acid groups (broad SMARTS) is 3. The number of aliphatic carboxylic acids is 3. The Kier molecular flexibility index (Phi) is 3.15. The third kappa shape index (κ3) is 2.28. The molecule has 8 heteroatoms. The molecule has 2 atom stereocenters. The van der Waals surface area contributed by atoms with Crippen molar-refractivity contribution in [3.8, 4) is 0 Å². The van der Waals surface area contributed by atoms with E-state index in [-0.39, 0.29) is 13.0 Å². The summed E-state index contributed by atoms with van der Waals surface area (Å²) in [6.07, 6.45) is -0.301. The monoisotopic (exact) mass is 232 g/mol. The Bertz CT molecular complexity index is 343. The Hall–Kier alpha value is -1.67. The molecule has 1 heterocycles. The van der Waals surface area contributed by atoms with Gasteiger partial charge in [0.05, 0.1) is 6.54 Å². The first-order valence-electron chi connectivity index (χ1n) is 4.47. The van der Waals surface area contributed by atoms with Gasteiger partial charge in [0.1, 0.15) is 11.6 Å². The van der Waals surface area contributed by atoms with Gasteiger partial charge in [-0.3, -0.25) is 19.3 Å². The van der Waals surface area contributed by atoms with Crippen molar-refractivity contribution in [3.05, 3.63) is 0 Å². The molecule has 0 saturated carbocycles. The van der Waals surface area contributed by atoms with Gasteiger partial charge in [0.15, 0.2) is 0 Å². The number of carbonyl (C=O) groups is 3. The van der Waals surface area contributed by atoms with E-state index in [1.807, 2.05) is 0 Å². The second-order valence-corrected chi connectivity index (χ2v) is 3.82. The highest BCUT2D eigenvalue weighted by Gasteiger charge is 2.49. The Morgan fingerprint density at radius 3 is 2.25 bits per heavy atom. The van der Waals surface area contributed by atoms with Gasteiger partial charge in [-0.15, -0.1) is 0 Å². The highest BCUT2D eigenvalue weighted by molar-refractivity contribution is 5.84. The van der Waals surface area contributed by atoms with Gasteiger partial charge in [0.2, 0.25) is 0 Å². The summed E-state index contributed by atoms with van der Waals surface area (Å²) in [7, 11) is 0. The molecule has 90 valence electrons. The average molecular weight is 232 g/mol. The number of hydrogen-bond donors (Lipinski definition) is 4. The van der Waals surface area contributed by atoms with Crippen LogP contribution in [0.2, 0.25) is 0 Å². The molecule has 5 N–H and O–H groups in total. The van der Waals surface area contributed by atoms with E-state index in [1.54, 1.807) is 0 Å². The first-order chi connectivity index (χ1) is 7.26. The summed E-state index contributed by atoms with van der Waals surface area (Å²) < 4.78 is 0. The van der Waals surface area contributed by atoms with E-state index >= 15 is 0 Å². The molecular formula is C8H12N2O6. The maximum absolute atomic E-state index is 10.8. The van der Waals surface area contributed by atoms with Crippen molar-refractivity contribution in [2.75, 3.05) is 13.1 Å². The van der Waals surface area contributed by atoms with Crippen molar-refractivity contribution in [2.45, 2.75) is 18.0 Å². The van der Waals surface area contributed by atoms with Crippen molar-refractivity contribution in [2.24, 2.45) is 5.73 Å². The van der Waals surface area contributed by atoms with E-state index in [0.29, 0.717) is 0 Å². The molecule has 1 aliphatic rings. The van der Waals surface area contributed by atoms with Crippen LogP contribution in [0.25, 0.3) is 0 Å². The van der Waals surface area contributed by atoms with E-state index < -0.39 is 36.0 Å². The zero-order valence-corrected chi connectivity index (χ0v) is 8.29. The highest BCUT2D eigenvalue weighted by atomic mass is 16.4. The molecule has 0 unspecified atom stereocenters. The molecule has 0 amide bonds. The van der Waals surface area contributed by atoms with Gasteiger partial charge in [-0.1, -0.05) is 0 Å². The Morgan fingerprint density at radius 1 is 1.31 bits per heavy atom. The lowest BCUT2D eigenvalue weighted by molar-refractivity contribution is -0.145. The number of rotatable bonds is 4. The largest absolute Gasteiger partial charge is 0.480 e. The summed E-state index contributed by atoms with van der Waals surface area (Å²) in [6.45, 7) is -0.825. The standard InChI is InChI=1S/C8H12N2O6/c9-8(7(15)16)1-4(6(13)14)10(3-8)2-5(11)12/h4H,1-3,9H2,(H,11,12)(H,13,14)(H,15,16)/t4-,8+/m0/s1.